The lowest BCUT2D eigenvalue weighted by atomic mass is 9.80. The van der Waals surface area contributed by atoms with Crippen molar-refractivity contribution in [2.45, 2.75) is 44.2 Å². The van der Waals surface area contributed by atoms with Crippen LogP contribution in [0.4, 0.5) is 0 Å². The molecule has 0 saturated carbocycles. The highest BCUT2D eigenvalue weighted by Crippen LogP contribution is 2.37. The van der Waals surface area contributed by atoms with Crippen molar-refractivity contribution in [3.8, 4) is 0 Å². The molecule has 5 heteroatoms. The van der Waals surface area contributed by atoms with Crippen LogP contribution < -0.4 is 5.73 Å². The van der Waals surface area contributed by atoms with E-state index in [-0.39, 0.29) is 11.6 Å². The van der Waals surface area contributed by atoms with Crippen molar-refractivity contribution in [2.75, 3.05) is 19.8 Å². The van der Waals surface area contributed by atoms with E-state index in [4.69, 9.17) is 15.2 Å². The summed E-state index contributed by atoms with van der Waals surface area (Å²) in [6.07, 6.45) is 4.01. The van der Waals surface area contributed by atoms with Crippen molar-refractivity contribution in [3.05, 3.63) is 16.1 Å². The predicted molar refractivity (Wildman–Crippen MR) is 75.4 cm³/mol. The standard InChI is InChI=1S/C14H22N2O2S/c1-10-8-19-13(16-10)6-12(15)11-2-4-18-14(7-11)3-5-17-9-14/h8,11-12H,2-7,9,15H2,1H3. The number of nitrogens with zero attached hydrogens (tertiary/aromatic N) is 1. The van der Waals surface area contributed by atoms with E-state index in [1.165, 1.54) is 0 Å². The molecule has 0 bridgehead atoms. The maximum Gasteiger partial charge on any atom is 0.0943 e. The van der Waals surface area contributed by atoms with E-state index in [2.05, 4.69) is 10.4 Å². The summed E-state index contributed by atoms with van der Waals surface area (Å²) in [5.74, 6) is 0.527. The molecule has 1 spiro atoms. The molecule has 2 fully saturated rings. The molecular formula is C14H22N2O2S. The maximum atomic E-state index is 6.41. The Balaban J connectivity index is 1.61. The number of hydrogen-bond acceptors (Lipinski definition) is 5. The van der Waals surface area contributed by atoms with E-state index in [9.17, 15) is 0 Å². The first kappa shape index (κ1) is 13.5. The topological polar surface area (TPSA) is 57.4 Å². The minimum absolute atomic E-state index is 0.0423. The van der Waals surface area contributed by atoms with Gasteiger partial charge >= 0.3 is 0 Å². The monoisotopic (exact) mass is 282 g/mol. The third kappa shape index (κ3) is 2.99. The van der Waals surface area contributed by atoms with Crippen molar-refractivity contribution in [1.82, 2.24) is 4.98 Å². The van der Waals surface area contributed by atoms with Gasteiger partial charge in [-0.25, -0.2) is 4.98 Å². The summed E-state index contributed by atoms with van der Waals surface area (Å²) in [4.78, 5) is 4.52. The number of hydrogen-bond donors (Lipinski definition) is 1. The van der Waals surface area contributed by atoms with E-state index in [0.717, 1.165) is 56.2 Å². The van der Waals surface area contributed by atoms with E-state index in [1.807, 2.05) is 6.92 Å². The third-order valence-electron chi connectivity index (χ3n) is 4.28. The second kappa shape index (κ2) is 5.48. The molecule has 0 radical (unpaired) electrons. The highest BCUT2D eigenvalue weighted by molar-refractivity contribution is 7.09. The van der Waals surface area contributed by atoms with E-state index < -0.39 is 0 Å². The molecule has 1 aromatic rings. The predicted octanol–water partition coefficient (Wildman–Crippen LogP) is 1.91. The summed E-state index contributed by atoms with van der Waals surface area (Å²) in [7, 11) is 0. The summed E-state index contributed by atoms with van der Waals surface area (Å²) < 4.78 is 11.5. The van der Waals surface area contributed by atoms with Crippen LogP contribution in [-0.4, -0.2) is 36.4 Å². The van der Waals surface area contributed by atoms with Gasteiger partial charge in [0.05, 0.1) is 17.2 Å². The molecule has 3 atom stereocenters. The first-order valence-corrected chi connectivity index (χ1v) is 7.93. The Labute approximate surface area is 118 Å². The summed E-state index contributed by atoms with van der Waals surface area (Å²) in [6, 6.07) is 0.187. The molecule has 2 aliphatic rings. The van der Waals surface area contributed by atoms with Crippen molar-refractivity contribution >= 4 is 11.3 Å². The largest absolute Gasteiger partial charge is 0.378 e. The Hall–Kier alpha value is -0.490. The van der Waals surface area contributed by atoms with Gasteiger partial charge in [-0.05, 0) is 25.7 Å². The number of rotatable bonds is 3. The minimum atomic E-state index is -0.0423. The van der Waals surface area contributed by atoms with Crippen LogP contribution >= 0.6 is 11.3 Å². The number of nitrogens with two attached hydrogens (primary N) is 1. The maximum absolute atomic E-state index is 6.41. The van der Waals surface area contributed by atoms with Gasteiger partial charge in [0.15, 0.2) is 0 Å². The number of ether oxygens (including phenoxy) is 2. The molecule has 1 aromatic heterocycles. The summed E-state index contributed by atoms with van der Waals surface area (Å²) in [5, 5.41) is 3.26. The number of aromatic nitrogens is 1. The van der Waals surface area contributed by atoms with Crippen molar-refractivity contribution in [2.24, 2.45) is 11.7 Å². The Morgan fingerprint density at radius 1 is 1.58 bits per heavy atom. The Morgan fingerprint density at radius 2 is 2.47 bits per heavy atom. The highest BCUT2D eigenvalue weighted by Gasteiger charge is 2.42. The molecule has 3 rings (SSSR count). The van der Waals surface area contributed by atoms with Gasteiger partial charge in [-0.2, -0.15) is 0 Å². The van der Waals surface area contributed by atoms with Gasteiger partial charge < -0.3 is 15.2 Å². The molecule has 3 unspecified atom stereocenters. The first-order valence-electron chi connectivity index (χ1n) is 7.05. The van der Waals surface area contributed by atoms with Gasteiger partial charge in [-0.1, -0.05) is 0 Å². The third-order valence-corrected chi connectivity index (χ3v) is 5.27. The van der Waals surface area contributed by atoms with Gasteiger partial charge in [-0.15, -0.1) is 11.3 Å². The zero-order valence-corrected chi connectivity index (χ0v) is 12.2. The summed E-state index contributed by atoms with van der Waals surface area (Å²) in [5.41, 5.74) is 7.47. The van der Waals surface area contributed by atoms with Gasteiger partial charge in [0.1, 0.15) is 0 Å². The average molecular weight is 282 g/mol. The lowest BCUT2D eigenvalue weighted by Gasteiger charge is -2.39. The van der Waals surface area contributed by atoms with Crippen LogP contribution in [0.2, 0.25) is 0 Å². The van der Waals surface area contributed by atoms with Crippen LogP contribution in [0.15, 0.2) is 5.38 Å². The molecule has 0 amide bonds. The van der Waals surface area contributed by atoms with E-state index >= 15 is 0 Å². The molecule has 0 aliphatic carbocycles. The zero-order valence-electron chi connectivity index (χ0n) is 11.4. The zero-order chi connectivity index (χ0) is 13.3. The summed E-state index contributed by atoms with van der Waals surface area (Å²) in [6.45, 7) is 4.42. The van der Waals surface area contributed by atoms with Crippen LogP contribution in [0.1, 0.15) is 30.0 Å². The molecule has 3 heterocycles. The van der Waals surface area contributed by atoms with Crippen LogP contribution in [0.25, 0.3) is 0 Å². The number of aryl methyl sites for hydroxylation is 1. The number of thiazole rings is 1. The van der Waals surface area contributed by atoms with Crippen LogP contribution in [0, 0.1) is 12.8 Å². The SMILES string of the molecule is Cc1csc(CC(N)C2CCOC3(CCOC3)C2)n1. The molecule has 0 aromatic carbocycles. The van der Waals surface area contributed by atoms with E-state index in [0.29, 0.717) is 5.92 Å². The molecule has 2 aliphatic heterocycles. The quantitative estimate of drug-likeness (QED) is 0.920. The minimum Gasteiger partial charge on any atom is -0.378 e. The van der Waals surface area contributed by atoms with Crippen molar-refractivity contribution in [3.63, 3.8) is 0 Å². The van der Waals surface area contributed by atoms with Gasteiger partial charge in [0.2, 0.25) is 0 Å². The summed E-state index contributed by atoms with van der Waals surface area (Å²) >= 11 is 1.72. The van der Waals surface area contributed by atoms with Gasteiger partial charge in [0.25, 0.3) is 0 Å². The smallest absolute Gasteiger partial charge is 0.0943 e. The molecule has 106 valence electrons. The van der Waals surface area contributed by atoms with Gasteiger partial charge in [0, 0.05) is 43.2 Å². The molecule has 4 nitrogen and oxygen atoms in total. The Morgan fingerprint density at radius 3 is 3.16 bits per heavy atom. The van der Waals surface area contributed by atoms with Crippen molar-refractivity contribution < 1.29 is 9.47 Å². The van der Waals surface area contributed by atoms with Crippen LogP contribution in [-0.2, 0) is 15.9 Å². The molecular weight excluding hydrogens is 260 g/mol. The fraction of sp³-hybridized carbons (Fsp3) is 0.786. The second-order valence-corrected chi connectivity index (χ2v) is 6.78. The normalized spacial score (nSPS) is 32.8. The molecule has 19 heavy (non-hydrogen) atoms. The Bertz CT molecular complexity index is 429. The molecule has 2 saturated heterocycles. The Kier molecular flexibility index (Phi) is 3.89. The van der Waals surface area contributed by atoms with Gasteiger partial charge in [-0.3, -0.25) is 0 Å². The second-order valence-electron chi connectivity index (χ2n) is 5.84. The van der Waals surface area contributed by atoms with Crippen LogP contribution in [0.5, 0.6) is 0 Å². The van der Waals surface area contributed by atoms with E-state index in [1.54, 1.807) is 11.3 Å². The highest BCUT2D eigenvalue weighted by atomic mass is 32.1. The lowest BCUT2D eigenvalue weighted by molar-refractivity contribution is -0.101. The average Bonchev–Trinajstić information content (AvgIpc) is 3.00. The lowest BCUT2D eigenvalue weighted by Crippen LogP contribution is -2.46. The van der Waals surface area contributed by atoms with Crippen LogP contribution in [0.3, 0.4) is 0 Å². The first-order chi connectivity index (χ1) is 9.17. The fourth-order valence-corrected chi connectivity index (χ4v) is 4.00. The molecule has 2 N–H and O–H groups in total. The fourth-order valence-electron chi connectivity index (χ4n) is 3.16. The van der Waals surface area contributed by atoms with Crippen molar-refractivity contribution in [1.29, 1.82) is 0 Å².